The van der Waals surface area contributed by atoms with Gasteiger partial charge in [0.1, 0.15) is 13.3 Å². The monoisotopic (exact) mass is 340 g/mol. The van der Waals surface area contributed by atoms with Crippen molar-refractivity contribution in [3.05, 3.63) is 65.7 Å². The van der Waals surface area contributed by atoms with Crippen molar-refractivity contribution in [2.75, 3.05) is 31.8 Å². The minimum Gasteiger partial charge on any atom is -0.444 e. The fraction of sp³-hybridized carbons (Fsp3) is 0.263. The highest BCUT2D eigenvalue weighted by molar-refractivity contribution is 5.95. The lowest BCUT2D eigenvalue weighted by Gasteiger charge is -2.18. The maximum Gasteiger partial charge on any atom is 0.414 e. The summed E-state index contributed by atoms with van der Waals surface area (Å²) in [6, 6.07) is 16.4. The van der Waals surface area contributed by atoms with Crippen molar-refractivity contribution in [2.24, 2.45) is 0 Å². The minimum atomic E-state index is -0.448. The average molecular weight is 340 g/mol. The second-order valence-corrected chi connectivity index (χ2v) is 5.75. The van der Waals surface area contributed by atoms with Crippen LogP contribution in [0.1, 0.15) is 15.9 Å². The van der Waals surface area contributed by atoms with Crippen molar-refractivity contribution >= 4 is 17.7 Å². The molecule has 1 aliphatic heterocycles. The highest BCUT2D eigenvalue weighted by Crippen LogP contribution is 2.17. The zero-order chi connectivity index (χ0) is 17.6. The van der Waals surface area contributed by atoms with Crippen LogP contribution in [0.4, 0.5) is 10.5 Å². The highest BCUT2D eigenvalue weighted by atomic mass is 16.6. The van der Waals surface area contributed by atoms with Gasteiger partial charge in [-0.2, -0.15) is 0 Å². The fourth-order valence-electron chi connectivity index (χ4n) is 2.51. The van der Waals surface area contributed by atoms with Crippen LogP contribution in [0.2, 0.25) is 0 Å². The Morgan fingerprint density at radius 1 is 1.12 bits per heavy atom. The third-order valence-corrected chi connectivity index (χ3v) is 4.02. The number of amides is 2. The molecule has 0 aromatic heterocycles. The van der Waals surface area contributed by atoms with E-state index in [1.807, 2.05) is 30.3 Å². The third kappa shape index (κ3) is 4.16. The number of carbonyl (C=O) groups excluding carboxylic acids is 2. The van der Waals surface area contributed by atoms with Crippen LogP contribution in [0.5, 0.6) is 0 Å². The van der Waals surface area contributed by atoms with E-state index in [2.05, 4.69) is 0 Å². The van der Waals surface area contributed by atoms with Crippen molar-refractivity contribution in [1.29, 1.82) is 0 Å². The molecule has 0 radical (unpaired) electrons. The van der Waals surface area contributed by atoms with Crippen LogP contribution in [-0.2, 0) is 16.1 Å². The maximum absolute atomic E-state index is 12.3. The fourth-order valence-corrected chi connectivity index (χ4v) is 2.51. The molecule has 0 bridgehead atoms. The molecule has 1 fully saturated rings. The number of anilines is 1. The molecule has 0 saturated carbocycles. The van der Waals surface area contributed by atoms with Crippen molar-refractivity contribution < 1.29 is 19.1 Å². The van der Waals surface area contributed by atoms with Crippen LogP contribution in [-0.4, -0.2) is 43.8 Å². The summed E-state index contributed by atoms with van der Waals surface area (Å²) in [5.74, 6) is -0.0710. The van der Waals surface area contributed by atoms with Gasteiger partial charge in [-0.25, -0.2) is 4.79 Å². The summed E-state index contributed by atoms with van der Waals surface area (Å²) in [6.45, 7) is 1.72. The second kappa shape index (κ2) is 7.81. The Labute approximate surface area is 146 Å². The zero-order valence-corrected chi connectivity index (χ0v) is 14.1. The van der Waals surface area contributed by atoms with E-state index in [0.717, 1.165) is 5.56 Å². The number of ether oxygens (including phenoxy) is 2. The Kier molecular flexibility index (Phi) is 5.30. The number of hydrogen-bond acceptors (Lipinski definition) is 4. The van der Waals surface area contributed by atoms with Crippen LogP contribution < -0.4 is 4.90 Å². The topological polar surface area (TPSA) is 59.1 Å². The van der Waals surface area contributed by atoms with Gasteiger partial charge in [0.25, 0.3) is 5.91 Å². The lowest BCUT2D eigenvalue weighted by atomic mass is 10.2. The molecule has 2 aromatic carbocycles. The number of carbonyl (C=O) groups is 2. The molecule has 130 valence electrons. The molecule has 6 nitrogen and oxygen atoms in total. The largest absolute Gasteiger partial charge is 0.444 e. The summed E-state index contributed by atoms with van der Waals surface area (Å²) in [5, 5.41) is 0. The molecule has 0 unspecified atom stereocenters. The van der Waals surface area contributed by atoms with Crippen molar-refractivity contribution in [3.8, 4) is 0 Å². The van der Waals surface area contributed by atoms with Gasteiger partial charge >= 0.3 is 6.09 Å². The molecule has 2 aromatic rings. The summed E-state index contributed by atoms with van der Waals surface area (Å²) in [5.41, 5.74) is 2.16. The van der Waals surface area contributed by atoms with E-state index in [0.29, 0.717) is 31.1 Å². The first kappa shape index (κ1) is 17.0. The lowest BCUT2D eigenvalue weighted by molar-refractivity contribution is 0.0695. The number of hydrogen-bond donors (Lipinski definition) is 0. The first-order chi connectivity index (χ1) is 12.1. The minimum absolute atomic E-state index is 0.0710. The zero-order valence-electron chi connectivity index (χ0n) is 14.1. The van der Waals surface area contributed by atoms with Gasteiger partial charge in [0.2, 0.25) is 0 Å². The number of nitrogens with zero attached hydrogens (tertiary/aromatic N) is 2. The van der Waals surface area contributed by atoms with Crippen molar-refractivity contribution in [1.82, 2.24) is 4.90 Å². The van der Waals surface area contributed by atoms with Crippen molar-refractivity contribution in [3.63, 3.8) is 0 Å². The molecule has 25 heavy (non-hydrogen) atoms. The van der Waals surface area contributed by atoms with E-state index in [9.17, 15) is 9.59 Å². The van der Waals surface area contributed by atoms with Crippen LogP contribution in [0, 0.1) is 0 Å². The Balaban J connectivity index is 1.59. The van der Waals surface area contributed by atoms with E-state index in [1.54, 1.807) is 36.2 Å². The van der Waals surface area contributed by atoms with Crippen molar-refractivity contribution in [2.45, 2.75) is 6.61 Å². The summed E-state index contributed by atoms with van der Waals surface area (Å²) in [6.07, 6.45) is -0.448. The van der Waals surface area contributed by atoms with Gasteiger partial charge in [-0.05, 0) is 29.8 Å². The summed E-state index contributed by atoms with van der Waals surface area (Å²) in [4.78, 5) is 27.5. The average Bonchev–Trinajstić information content (AvgIpc) is 3.20. The van der Waals surface area contributed by atoms with Crippen LogP contribution in [0.25, 0.3) is 0 Å². The van der Waals surface area contributed by atoms with E-state index in [1.165, 1.54) is 4.90 Å². The third-order valence-electron chi connectivity index (χ3n) is 4.02. The summed E-state index contributed by atoms with van der Waals surface area (Å²) < 4.78 is 10.5. The van der Waals surface area contributed by atoms with E-state index in [4.69, 9.17) is 9.47 Å². The Morgan fingerprint density at radius 3 is 2.48 bits per heavy atom. The molecule has 2 amide bonds. The normalized spacial score (nSPS) is 13.6. The lowest BCUT2D eigenvalue weighted by Crippen LogP contribution is -2.29. The highest BCUT2D eigenvalue weighted by Gasteiger charge is 2.20. The van der Waals surface area contributed by atoms with Gasteiger partial charge in [0, 0.05) is 24.8 Å². The van der Waals surface area contributed by atoms with E-state index in [-0.39, 0.29) is 12.5 Å². The Morgan fingerprint density at radius 2 is 1.84 bits per heavy atom. The van der Waals surface area contributed by atoms with Crippen LogP contribution >= 0.6 is 0 Å². The Bertz CT molecular complexity index is 725. The molecular formula is C19H20N2O4. The molecule has 6 heteroatoms. The van der Waals surface area contributed by atoms with Gasteiger partial charge < -0.3 is 14.4 Å². The van der Waals surface area contributed by atoms with Gasteiger partial charge in [0.05, 0.1) is 6.61 Å². The predicted octanol–water partition coefficient (Wildman–Crippen LogP) is 2.89. The smallest absolute Gasteiger partial charge is 0.414 e. The molecular weight excluding hydrogens is 320 g/mol. The number of rotatable bonds is 4. The van der Waals surface area contributed by atoms with Gasteiger partial charge in [-0.3, -0.25) is 9.69 Å². The SMILES string of the molecule is CN(C(=O)OCc1ccccc1)c1ccc(C(=O)N2CCOC2)cc1. The molecule has 3 rings (SSSR count). The van der Waals surface area contributed by atoms with Crippen LogP contribution in [0.15, 0.2) is 54.6 Å². The van der Waals surface area contributed by atoms with Crippen LogP contribution in [0.3, 0.4) is 0 Å². The van der Waals surface area contributed by atoms with E-state index < -0.39 is 6.09 Å². The van der Waals surface area contributed by atoms with Gasteiger partial charge in [-0.15, -0.1) is 0 Å². The first-order valence-electron chi connectivity index (χ1n) is 8.06. The molecule has 0 N–H and O–H groups in total. The van der Waals surface area contributed by atoms with Gasteiger partial charge in [-0.1, -0.05) is 30.3 Å². The Hall–Kier alpha value is -2.86. The second-order valence-electron chi connectivity index (χ2n) is 5.75. The molecule has 1 saturated heterocycles. The molecule has 0 aliphatic carbocycles. The van der Waals surface area contributed by atoms with Gasteiger partial charge in [0.15, 0.2) is 0 Å². The summed E-state index contributed by atoms with van der Waals surface area (Å²) >= 11 is 0. The standard InChI is InChI=1S/C19H20N2O4/c1-20(19(23)25-13-15-5-3-2-4-6-15)17-9-7-16(8-10-17)18(22)21-11-12-24-14-21/h2-10H,11-14H2,1H3. The summed E-state index contributed by atoms with van der Waals surface area (Å²) in [7, 11) is 1.64. The molecule has 0 spiro atoms. The molecule has 1 aliphatic rings. The predicted molar refractivity (Wildman–Crippen MR) is 93.3 cm³/mol. The molecule has 0 atom stereocenters. The molecule has 1 heterocycles. The maximum atomic E-state index is 12.3. The first-order valence-corrected chi connectivity index (χ1v) is 8.06. The quantitative estimate of drug-likeness (QED) is 0.859. The van der Waals surface area contributed by atoms with E-state index >= 15 is 0 Å². The number of benzene rings is 2.